The highest BCUT2D eigenvalue weighted by molar-refractivity contribution is 7.10. The quantitative estimate of drug-likeness (QED) is 0.820. The van der Waals surface area contributed by atoms with E-state index in [2.05, 4.69) is 47.3 Å². The number of nitrogens with one attached hydrogen (secondary N) is 1. The molecule has 2 aromatic rings. The van der Waals surface area contributed by atoms with Crippen LogP contribution in [-0.2, 0) is 13.0 Å². The molecule has 0 fully saturated rings. The fourth-order valence-electron chi connectivity index (χ4n) is 1.69. The first kappa shape index (κ1) is 11.8. The smallest absolute Gasteiger partial charge is 0.0302 e. The average Bonchev–Trinajstić information content (AvgIpc) is 2.97. The molecule has 0 saturated heterocycles. The molecule has 0 saturated carbocycles. The fraction of sp³-hybridized carbons (Fsp3) is 0.385. The molecule has 0 spiro atoms. The molecule has 16 heavy (non-hydrogen) atoms. The Morgan fingerprint density at radius 1 is 1.12 bits per heavy atom. The van der Waals surface area contributed by atoms with Gasteiger partial charge in [0.05, 0.1) is 0 Å². The molecule has 1 nitrogen and oxygen atoms in total. The number of hydrogen-bond donors (Lipinski definition) is 1. The van der Waals surface area contributed by atoms with Crippen molar-refractivity contribution in [1.82, 2.24) is 5.32 Å². The summed E-state index contributed by atoms with van der Waals surface area (Å²) < 4.78 is 0. The molecule has 0 aliphatic rings. The molecule has 0 aliphatic heterocycles. The van der Waals surface area contributed by atoms with Gasteiger partial charge in [0.1, 0.15) is 0 Å². The molecule has 0 aliphatic carbocycles. The molecule has 0 amide bonds. The third kappa shape index (κ3) is 3.44. The van der Waals surface area contributed by atoms with Gasteiger partial charge in [-0.2, -0.15) is 0 Å². The van der Waals surface area contributed by atoms with Crippen molar-refractivity contribution in [3.05, 3.63) is 44.8 Å². The highest BCUT2D eigenvalue weighted by Crippen LogP contribution is 2.14. The largest absolute Gasteiger partial charge is 0.309 e. The van der Waals surface area contributed by atoms with E-state index in [0.29, 0.717) is 6.04 Å². The maximum Gasteiger partial charge on any atom is 0.0302 e. The topological polar surface area (TPSA) is 12.0 Å². The van der Waals surface area contributed by atoms with E-state index >= 15 is 0 Å². The van der Waals surface area contributed by atoms with Crippen molar-refractivity contribution in [2.45, 2.75) is 32.4 Å². The van der Waals surface area contributed by atoms with Crippen LogP contribution in [0.3, 0.4) is 0 Å². The molecule has 1 atom stereocenters. The van der Waals surface area contributed by atoms with Crippen LogP contribution in [0.1, 0.15) is 23.1 Å². The lowest BCUT2D eigenvalue weighted by Gasteiger charge is -2.15. The van der Waals surface area contributed by atoms with E-state index in [1.165, 1.54) is 16.2 Å². The van der Waals surface area contributed by atoms with Crippen LogP contribution in [-0.4, -0.2) is 6.04 Å². The minimum atomic E-state index is 0.598. The lowest BCUT2D eigenvalue weighted by atomic mass is 10.1. The summed E-state index contributed by atoms with van der Waals surface area (Å²) in [6.07, 6.45) is 2.34. The zero-order valence-electron chi connectivity index (χ0n) is 9.48. The van der Waals surface area contributed by atoms with Crippen molar-refractivity contribution in [3.8, 4) is 0 Å². The molecular formula is C13H17NS2. The Morgan fingerprint density at radius 3 is 2.38 bits per heavy atom. The second kappa shape index (κ2) is 6.18. The second-order valence-electron chi connectivity index (χ2n) is 3.85. The number of thiophene rings is 2. The van der Waals surface area contributed by atoms with Crippen LogP contribution in [0.25, 0.3) is 0 Å². The van der Waals surface area contributed by atoms with Gasteiger partial charge in [0.25, 0.3) is 0 Å². The molecule has 2 rings (SSSR count). The Labute approximate surface area is 105 Å². The van der Waals surface area contributed by atoms with Gasteiger partial charge >= 0.3 is 0 Å². The van der Waals surface area contributed by atoms with E-state index in [1.54, 1.807) is 0 Å². The van der Waals surface area contributed by atoms with Crippen molar-refractivity contribution < 1.29 is 0 Å². The van der Waals surface area contributed by atoms with Crippen molar-refractivity contribution in [1.29, 1.82) is 0 Å². The van der Waals surface area contributed by atoms with Gasteiger partial charge in [0.15, 0.2) is 0 Å². The van der Waals surface area contributed by atoms with E-state index in [4.69, 9.17) is 0 Å². The first-order chi connectivity index (χ1) is 7.88. The molecule has 1 N–H and O–H groups in total. The van der Waals surface area contributed by atoms with Crippen molar-refractivity contribution in [2.75, 3.05) is 0 Å². The highest BCUT2D eigenvalue weighted by Gasteiger charge is 2.07. The van der Waals surface area contributed by atoms with Crippen molar-refractivity contribution in [3.63, 3.8) is 0 Å². The molecule has 0 radical (unpaired) electrons. The summed E-state index contributed by atoms with van der Waals surface area (Å²) in [5.74, 6) is 0. The van der Waals surface area contributed by atoms with Crippen LogP contribution < -0.4 is 5.32 Å². The third-order valence-electron chi connectivity index (χ3n) is 2.67. The van der Waals surface area contributed by atoms with Crippen LogP contribution >= 0.6 is 22.7 Å². The van der Waals surface area contributed by atoms with Crippen LogP contribution in [0, 0.1) is 0 Å². The average molecular weight is 251 g/mol. The van der Waals surface area contributed by atoms with E-state index < -0.39 is 0 Å². The Hall–Kier alpha value is -0.640. The van der Waals surface area contributed by atoms with Crippen molar-refractivity contribution in [2.24, 2.45) is 0 Å². The van der Waals surface area contributed by atoms with Gasteiger partial charge in [0, 0.05) is 22.3 Å². The number of rotatable bonds is 6. The SMILES string of the molecule is CCC(Cc1cccs1)NCc1cccs1. The Kier molecular flexibility index (Phi) is 4.57. The molecule has 0 aromatic carbocycles. The summed E-state index contributed by atoms with van der Waals surface area (Å²) in [5, 5.41) is 7.92. The van der Waals surface area contributed by atoms with Crippen LogP contribution in [0.2, 0.25) is 0 Å². The maximum absolute atomic E-state index is 3.63. The zero-order valence-corrected chi connectivity index (χ0v) is 11.1. The van der Waals surface area contributed by atoms with Gasteiger partial charge < -0.3 is 5.32 Å². The predicted molar refractivity (Wildman–Crippen MR) is 73.3 cm³/mol. The van der Waals surface area contributed by atoms with Crippen LogP contribution in [0.5, 0.6) is 0 Å². The highest BCUT2D eigenvalue weighted by atomic mass is 32.1. The van der Waals surface area contributed by atoms with E-state index in [0.717, 1.165) is 13.0 Å². The molecule has 0 bridgehead atoms. The van der Waals surface area contributed by atoms with Gasteiger partial charge in [-0.15, -0.1) is 22.7 Å². The normalized spacial score (nSPS) is 12.8. The molecule has 1 unspecified atom stereocenters. The first-order valence-electron chi connectivity index (χ1n) is 5.66. The summed E-state index contributed by atoms with van der Waals surface area (Å²) >= 11 is 3.68. The first-order valence-corrected chi connectivity index (χ1v) is 7.42. The van der Waals surface area contributed by atoms with Crippen LogP contribution in [0.15, 0.2) is 35.0 Å². The lowest BCUT2D eigenvalue weighted by molar-refractivity contribution is 0.499. The van der Waals surface area contributed by atoms with Crippen molar-refractivity contribution >= 4 is 22.7 Å². The third-order valence-corrected chi connectivity index (χ3v) is 4.44. The zero-order chi connectivity index (χ0) is 11.2. The molecule has 2 heterocycles. The predicted octanol–water partition coefficient (Wildman–Crippen LogP) is 3.92. The van der Waals surface area contributed by atoms with E-state index in [-0.39, 0.29) is 0 Å². The standard InChI is InChI=1S/C13H17NS2/c1-2-11(9-12-5-3-7-15-12)14-10-13-6-4-8-16-13/h3-8,11,14H,2,9-10H2,1H3. The number of hydrogen-bond acceptors (Lipinski definition) is 3. The molecule has 2 aromatic heterocycles. The van der Waals surface area contributed by atoms with Gasteiger partial charge in [-0.3, -0.25) is 0 Å². The van der Waals surface area contributed by atoms with Gasteiger partial charge in [-0.05, 0) is 35.7 Å². The van der Waals surface area contributed by atoms with Gasteiger partial charge in [-0.1, -0.05) is 19.1 Å². The Balaban J connectivity index is 1.81. The van der Waals surface area contributed by atoms with E-state index in [9.17, 15) is 0 Å². The van der Waals surface area contributed by atoms with Crippen LogP contribution in [0.4, 0.5) is 0 Å². The second-order valence-corrected chi connectivity index (χ2v) is 5.91. The van der Waals surface area contributed by atoms with Gasteiger partial charge in [0.2, 0.25) is 0 Å². The molecule has 3 heteroatoms. The minimum Gasteiger partial charge on any atom is -0.309 e. The molecule has 86 valence electrons. The monoisotopic (exact) mass is 251 g/mol. The fourth-order valence-corrected chi connectivity index (χ4v) is 3.13. The lowest BCUT2D eigenvalue weighted by Crippen LogP contribution is -2.29. The summed E-state index contributed by atoms with van der Waals surface area (Å²) in [6.45, 7) is 3.25. The summed E-state index contributed by atoms with van der Waals surface area (Å²) in [5.41, 5.74) is 0. The Bertz CT molecular complexity index is 378. The Morgan fingerprint density at radius 2 is 1.81 bits per heavy atom. The maximum atomic E-state index is 3.63. The minimum absolute atomic E-state index is 0.598. The molecular weight excluding hydrogens is 234 g/mol. The van der Waals surface area contributed by atoms with E-state index in [1.807, 2.05) is 22.7 Å². The summed E-state index contributed by atoms with van der Waals surface area (Å²) in [4.78, 5) is 2.90. The summed E-state index contributed by atoms with van der Waals surface area (Å²) in [6, 6.07) is 9.25. The summed E-state index contributed by atoms with van der Waals surface area (Å²) in [7, 11) is 0. The van der Waals surface area contributed by atoms with Gasteiger partial charge in [-0.25, -0.2) is 0 Å².